The van der Waals surface area contributed by atoms with Crippen molar-refractivity contribution in [2.75, 3.05) is 0 Å². The van der Waals surface area contributed by atoms with E-state index in [0.717, 1.165) is 0 Å². The Morgan fingerprint density at radius 2 is 1.50 bits per heavy atom. The van der Waals surface area contributed by atoms with Crippen molar-refractivity contribution >= 4 is 21.1 Å². The maximum Gasteiger partial charge on any atom is 1.00 e. The van der Waals surface area contributed by atoms with Gasteiger partial charge in [-0.3, -0.25) is 0 Å². The SMILES string of the molecule is CC/C(=C/C(=O)OC(C)C)[O][Al]([O]C(C)C)[O]C(C)C. The van der Waals surface area contributed by atoms with Crippen LogP contribution in [0.3, 0.4) is 0 Å². The summed E-state index contributed by atoms with van der Waals surface area (Å²) in [5, 5.41) is 0. The minimum atomic E-state index is -2.30. The molecule has 0 aliphatic rings. The van der Waals surface area contributed by atoms with Gasteiger partial charge in [-0.1, -0.05) is 6.92 Å². The Morgan fingerprint density at radius 3 is 1.85 bits per heavy atom. The lowest BCUT2D eigenvalue weighted by atomic mass is 10.3. The first-order valence-electron chi connectivity index (χ1n) is 7.13. The quantitative estimate of drug-likeness (QED) is 0.283. The summed E-state index contributed by atoms with van der Waals surface area (Å²) >= 11 is -2.30. The van der Waals surface area contributed by atoms with Crippen LogP contribution >= 0.6 is 0 Å². The molecule has 0 spiro atoms. The van der Waals surface area contributed by atoms with E-state index in [9.17, 15) is 4.79 Å². The molecular weight excluding hydrogens is 275 g/mol. The van der Waals surface area contributed by atoms with Crippen molar-refractivity contribution in [1.29, 1.82) is 0 Å². The molecule has 0 saturated heterocycles. The third-order valence-electron chi connectivity index (χ3n) is 1.99. The average molecular weight is 302 g/mol. The van der Waals surface area contributed by atoms with Gasteiger partial charge in [-0.05, 0) is 48.0 Å². The molecule has 0 aliphatic carbocycles. The van der Waals surface area contributed by atoms with Crippen LogP contribution in [0.5, 0.6) is 0 Å². The number of rotatable bonds is 9. The lowest BCUT2D eigenvalue weighted by molar-refractivity contribution is -0.141. The minimum absolute atomic E-state index is 0.0196. The Bertz CT molecular complexity index is 303. The van der Waals surface area contributed by atoms with Gasteiger partial charge in [-0.15, -0.1) is 0 Å². The molecule has 5 nitrogen and oxygen atoms in total. The minimum Gasteiger partial charge on any atom is -0.602 e. The molecule has 0 heterocycles. The number of esters is 1. The van der Waals surface area contributed by atoms with E-state index in [1.807, 2.05) is 34.6 Å². The van der Waals surface area contributed by atoms with Crippen LogP contribution in [0.15, 0.2) is 11.8 Å². The highest BCUT2D eigenvalue weighted by Gasteiger charge is 2.37. The molecule has 0 amide bonds. The first-order chi connectivity index (χ1) is 9.24. The molecular formula is C14H27AlO5. The number of hydrogen-bond donors (Lipinski definition) is 0. The van der Waals surface area contributed by atoms with Crippen molar-refractivity contribution in [3.8, 4) is 0 Å². The molecule has 0 aromatic carbocycles. The second kappa shape index (κ2) is 10.2. The Morgan fingerprint density at radius 1 is 1.00 bits per heavy atom. The van der Waals surface area contributed by atoms with Crippen LogP contribution in [0.1, 0.15) is 54.9 Å². The summed E-state index contributed by atoms with van der Waals surface area (Å²) in [5.74, 6) is 0.132. The second-order valence-corrected chi connectivity index (χ2v) is 6.58. The number of carbonyl (C=O) groups excluding carboxylic acids is 1. The van der Waals surface area contributed by atoms with Gasteiger partial charge in [0.1, 0.15) is 0 Å². The maximum atomic E-state index is 11.6. The first kappa shape index (κ1) is 19.5. The van der Waals surface area contributed by atoms with Gasteiger partial charge in [-0.2, -0.15) is 0 Å². The number of carbonyl (C=O) groups is 1. The molecule has 0 N–H and O–H groups in total. The van der Waals surface area contributed by atoms with Crippen molar-refractivity contribution in [1.82, 2.24) is 0 Å². The topological polar surface area (TPSA) is 54.0 Å². The number of hydrogen-bond acceptors (Lipinski definition) is 5. The molecule has 0 rings (SSSR count). The normalized spacial score (nSPS) is 12.2. The summed E-state index contributed by atoms with van der Waals surface area (Å²) in [4.78, 5) is 11.6. The van der Waals surface area contributed by atoms with Gasteiger partial charge in [0.05, 0.1) is 17.9 Å². The lowest BCUT2D eigenvalue weighted by Crippen LogP contribution is -2.32. The van der Waals surface area contributed by atoms with E-state index in [0.29, 0.717) is 12.2 Å². The molecule has 0 saturated carbocycles. The van der Waals surface area contributed by atoms with Gasteiger partial charge in [0.25, 0.3) is 0 Å². The van der Waals surface area contributed by atoms with Crippen LogP contribution in [0.4, 0.5) is 0 Å². The molecule has 0 aromatic rings. The zero-order chi connectivity index (χ0) is 15.7. The van der Waals surface area contributed by atoms with Crippen LogP contribution in [0.25, 0.3) is 0 Å². The van der Waals surface area contributed by atoms with E-state index in [1.54, 1.807) is 13.8 Å². The van der Waals surface area contributed by atoms with Crippen LogP contribution in [-0.4, -0.2) is 39.4 Å². The van der Waals surface area contributed by atoms with Gasteiger partial charge < -0.3 is 16.1 Å². The molecule has 0 fully saturated rings. The smallest absolute Gasteiger partial charge is 0.602 e. The predicted octanol–water partition coefficient (Wildman–Crippen LogP) is 3.08. The number of allylic oxidation sites excluding steroid dienone is 1. The van der Waals surface area contributed by atoms with Crippen LogP contribution in [0.2, 0.25) is 0 Å². The molecule has 116 valence electrons. The zero-order valence-corrected chi connectivity index (χ0v) is 14.8. The summed E-state index contributed by atoms with van der Waals surface area (Å²) in [6.07, 6.45) is 1.84. The number of ether oxygens (including phenoxy) is 1. The predicted molar refractivity (Wildman–Crippen MR) is 78.9 cm³/mol. The Kier molecular flexibility index (Phi) is 9.95. The first-order valence-corrected chi connectivity index (χ1v) is 8.54. The fourth-order valence-corrected chi connectivity index (χ4v) is 2.82. The van der Waals surface area contributed by atoms with E-state index in [1.165, 1.54) is 6.08 Å². The van der Waals surface area contributed by atoms with Crippen molar-refractivity contribution < 1.29 is 20.9 Å². The van der Waals surface area contributed by atoms with Crippen LogP contribution in [0, 0.1) is 0 Å². The van der Waals surface area contributed by atoms with Gasteiger partial charge in [0.2, 0.25) is 0 Å². The Labute approximate surface area is 127 Å². The van der Waals surface area contributed by atoms with Gasteiger partial charge in [0.15, 0.2) is 0 Å². The van der Waals surface area contributed by atoms with Crippen LogP contribution < -0.4 is 0 Å². The third-order valence-corrected chi connectivity index (χ3v) is 4.02. The summed E-state index contributed by atoms with van der Waals surface area (Å²) < 4.78 is 22.1. The molecule has 0 unspecified atom stereocenters. The molecule has 0 aromatic heterocycles. The summed E-state index contributed by atoms with van der Waals surface area (Å²) in [6, 6.07) is 0. The van der Waals surface area contributed by atoms with E-state index in [-0.39, 0.29) is 18.3 Å². The summed E-state index contributed by atoms with van der Waals surface area (Å²) in [5.41, 5.74) is 0. The van der Waals surface area contributed by atoms with Gasteiger partial charge >= 0.3 is 21.1 Å². The van der Waals surface area contributed by atoms with Crippen LogP contribution in [-0.2, 0) is 20.9 Å². The summed E-state index contributed by atoms with van der Waals surface area (Å²) in [6.45, 7) is 13.2. The molecule has 0 atom stereocenters. The van der Waals surface area contributed by atoms with E-state index >= 15 is 0 Å². The highest BCUT2D eigenvalue weighted by Crippen LogP contribution is 2.11. The van der Waals surface area contributed by atoms with Crippen molar-refractivity contribution in [2.45, 2.75) is 73.2 Å². The molecule has 0 aliphatic heterocycles. The lowest BCUT2D eigenvalue weighted by Gasteiger charge is -2.20. The van der Waals surface area contributed by atoms with E-state index in [4.69, 9.17) is 16.1 Å². The highest BCUT2D eigenvalue weighted by molar-refractivity contribution is 6.37. The van der Waals surface area contributed by atoms with E-state index in [2.05, 4.69) is 0 Å². The fourth-order valence-electron chi connectivity index (χ4n) is 1.27. The zero-order valence-electron chi connectivity index (χ0n) is 13.6. The standard InChI is InChI=1S/C8H14O3.2C3H7O.Al/c1-4-7(9)5-8(10)11-6(2)3;2*1-3(2)4;/h5-6,9H,4H2,1-3H3;2*3H,1-2H3;/q;2*-1;+3/p-1/b7-5-;;;. The van der Waals surface area contributed by atoms with Gasteiger partial charge in [0, 0.05) is 12.2 Å². The highest BCUT2D eigenvalue weighted by atomic mass is 27.3. The average Bonchev–Trinajstić information content (AvgIpc) is 2.24. The molecule has 0 bridgehead atoms. The largest absolute Gasteiger partial charge is 1.00 e. The van der Waals surface area contributed by atoms with Gasteiger partial charge in [-0.25, -0.2) is 4.79 Å². The fraction of sp³-hybridized carbons (Fsp3) is 0.786. The monoisotopic (exact) mass is 302 g/mol. The third kappa shape index (κ3) is 10.3. The Hall–Kier alpha value is -0.538. The second-order valence-electron chi connectivity index (χ2n) is 5.23. The molecule has 6 heteroatoms. The molecule has 0 radical (unpaired) electrons. The Balaban J connectivity index is 4.68. The maximum absolute atomic E-state index is 11.6. The van der Waals surface area contributed by atoms with Crippen molar-refractivity contribution in [2.24, 2.45) is 0 Å². The van der Waals surface area contributed by atoms with Crippen molar-refractivity contribution in [3.63, 3.8) is 0 Å². The van der Waals surface area contributed by atoms with E-state index < -0.39 is 21.1 Å². The molecule has 20 heavy (non-hydrogen) atoms. The van der Waals surface area contributed by atoms with Crippen molar-refractivity contribution in [3.05, 3.63) is 11.8 Å². The summed E-state index contributed by atoms with van der Waals surface area (Å²) in [7, 11) is 0.